The van der Waals surface area contributed by atoms with Crippen LogP contribution in [-0.2, 0) is 31.1 Å². The Morgan fingerprint density at radius 1 is 0.932 bits per heavy atom. The van der Waals surface area contributed by atoms with Crippen molar-refractivity contribution >= 4 is 17.7 Å². The number of hydrogen-bond acceptors (Lipinski definition) is 6. The summed E-state index contributed by atoms with van der Waals surface area (Å²) < 4.78 is 24.3. The summed E-state index contributed by atoms with van der Waals surface area (Å²) >= 11 is 0. The van der Waals surface area contributed by atoms with Crippen molar-refractivity contribution in [2.75, 3.05) is 20.6 Å². The van der Waals surface area contributed by atoms with Crippen molar-refractivity contribution < 1.29 is 28.6 Å². The molecule has 0 unspecified atom stereocenters. The maximum Gasteiger partial charge on any atom is 0.309 e. The first kappa shape index (κ1) is 43.6. The third-order valence-electron chi connectivity index (χ3n) is 17.5. The van der Waals surface area contributed by atoms with Crippen LogP contribution in [-0.4, -0.2) is 63.8 Å². The van der Waals surface area contributed by atoms with Crippen LogP contribution in [0.1, 0.15) is 138 Å². The number of allylic oxidation sites excluding steroid dienone is 2. The lowest BCUT2D eigenvalue weighted by molar-refractivity contribution is -0.232. The van der Waals surface area contributed by atoms with E-state index in [9.17, 15) is 28.7 Å². The number of carboxylic acids is 1. The van der Waals surface area contributed by atoms with Gasteiger partial charge in [-0.1, -0.05) is 48.5 Å². The molecule has 7 rings (SSSR count). The van der Waals surface area contributed by atoms with Crippen LogP contribution in [0.5, 0.6) is 0 Å². The second-order valence-corrected chi connectivity index (χ2v) is 22.0. The predicted octanol–water partition coefficient (Wildman–Crippen LogP) is 9.29. The van der Waals surface area contributed by atoms with Crippen molar-refractivity contribution in [2.45, 2.75) is 152 Å². The van der Waals surface area contributed by atoms with Crippen LogP contribution in [0, 0.1) is 63.5 Å². The molecule has 0 saturated heterocycles. The molecule has 0 spiro atoms. The summed E-state index contributed by atoms with van der Waals surface area (Å²) in [6.07, 6.45) is 7.43. The number of fused-ring (bicyclic) bond motifs is 7. The molecule has 9 nitrogen and oxygen atoms in total. The van der Waals surface area contributed by atoms with Crippen molar-refractivity contribution in [1.29, 1.82) is 0 Å². The molecule has 1 heterocycles. The third-order valence-corrected chi connectivity index (χ3v) is 17.5. The Kier molecular flexibility index (Phi) is 10.7. The fraction of sp³-hybridized carbons (Fsp3) is 0.714. The van der Waals surface area contributed by atoms with Crippen LogP contribution in [0.2, 0.25) is 0 Å². The number of halogens is 1. The van der Waals surface area contributed by atoms with E-state index in [4.69, 9.17) is 4.74 Å². The average molecular weight is 816 g/mol. The number of nitrogens with zero attached hydrogens (tertiary/aromatic N) is 3. The van der Waals surface area contributed by atoms with Crippen molar-refractivity contribution in [3.8, 4) is 5.69 Å². The Hall–Kier alpha value is -3.53. The Bertz CT molecular complexity index is 2130. The summed E-state index contributed by atoms with van der Waals surface area (Å²) in [5.74, 6) is -0.600. The number of rotatable bonds is 10. The summed E-state index contributed by atoms with van der Waals surface area (Å²) in [4.78, 5) is 56.3. The van der Waals surface area contributed by atoms with Gasteiger partial charge in [-0.3, -0.25) is 23.9 Å². The first-order valence-corrected chi connectivity index (χ1v) is 22.3. The second kappa shape index (κ2) is 14.5. The number of carboxylic acid groups (broad SMARTS) is 1. The zero-order chi connectivity index (χ0) is 43.4. The predicted molar refractivity (Wildman–Crippen MR) is 228 cm³/mol. The van der Waals surface area contributed by atoms with E-state index in [1.165, 1.54) is 17.7 Å². The summed E-state index contributed by atoms with van der Waals surface area (Å²) in [5, 5.41) is 9.67. The number of likely N-dealkylation sites (N-methyl/N-ethyl adjacent to an activating group) is 1. The summed E-state index contributed by atoms with van der Waals surface area (Å²) in [6.45, 7) is 22.8. The molecule has 0 amide bonds. The Labute approximate surface area is 351 Å². The molecular formula is C49H70FN3O6. The Morgan fingerprint density at radius 3 is 2.20 bits per heavy atom. The van der Waals surface area contributed by atoms with Crippen molar-refractivity contribution in [3.63, 3.8) is 0 Å². The van der Waals surface area contributed by atoms with Gasteiger partial charge in [0.1, 0.15) is 11.9 Å². The molecular weight excluding hydrogens is 746 g/mol. The highest BCUT2D eigenvalue weighted by molar-refractivity contribution is 6.02. The number of Topliss-reactive ketones (excluding diaryl/α,β-unsaturated/α-hetero) is 1. The van der Waals surface area contributed by atoms with Crippen LogP contribution in [0.3, 0.4) is 0 Å². The molecule has 4 saturated carbocycles. The number of ether oxygens (including phenoxy) is 1. The van der Waals surface area contributed by atoms with E-state index in [-0.39, 0.29) is 63.2 Å². The molecule has 2 aromatic rings. The molecule has 4 fully saturated rings. The van der Waals surface area contributed by atoms with Crippen molar-refractivity contribution in [1.82, 2.24) is 14.3 Å². The van der Waals surface area contributed by atoms with Crippen LogP contribution in [0.4, 0.5) is 4.39 Å². The minimum Gasteiger partial charge on any atom is -0.481 e. The lowest BCUT2D eigenvalue weighted by Gasteiger charge is -2.72. The lowest BCUT2D eigenvalue weighted by Crippen LogP contribution is -2.66. The summed E-state index contributed by atoms with van der Waals surface area (Å²) in [6, 6.07) is 6.16. The molecule has 0 radical (unpaired) electrons. The van der Waals surface area contributed by atoms with E-state index in [1.54, 1.807) is 30.7 Å². The molecule has 0 aliphatic heterocycles. The number of esters is 1. The molecule has 1 aromatic carbocycles. The smallest absolute Gasteiger partial charge is 0.309 e. The topological polar surface area (TPSA) is 111 Å². The number of hydrogen-bond donors (Lipinski definition) is 1. The number of aromatic nitrogens is 2. The van der Waals surface area contributed by atoms with Gasteiger partial charge < -0.3 is 14.7 Å². The first-order valence-electron chi connectivity index (χ1n) is 22.3. The molecule has 1 aromatic heterocycles. The fourth-order valence-electron chi connectivity index (χ4n) is 14.3. The van der Waals surface area contributed by atoms with Gasteiger partial charge in [-0.25, -0.2) is 9.07 Å². The second-order valence-electron chi connectivity index (χ2n) is 22.0. The van der Waals surface area contributed by atoms with Gasteiger partial charge in [0.05, 0.1) is 29.8 Å². The van der Waals surface area contributed by atoms with Gasteiger partial charge in [0.25, 0.3) is 5.56 Å². The highest BCUT2D eigenvalue weighted by atomic mass is 19.1. The van der Waals surface area contributed by atoms with Gasteiger partial charge in [0, 0.05) is 29.4 Å². The van der Waals surface area contributed by atoms with Gasteiger partial charge in [0.2, 0.25) is 0 Å². The zero-order valence-corrected chi connectivity index (χ0v) is 37.9. The van der Waals surface area contributed by atoms with Crippen LogP contribution in [0.25, 0.3) is 5.69 Å². The van der Waals surface area contributed by atoms with Crippen molar-refractivity contribution in [2.24, 2.45) is 50.7 Å². The van der Waals surface area contributed by atoms with Crippen molar-refractivity contribution in [3.05, 3.63) is 62.8 Å². The molecule has 0 bridgehead atoms. The number of carbonyl (C=O) groups is 3. The van der Waals surface area contributed by atoms with Crippen LogP contribution >= 0.6 is 0 Å². The van der Waals surface area contributed by atoms with E-state index in [1.807, 2.05) is 21.0 Å². The molecule has 1 N–H and O–H groups in total. The maximum absolute atomic E-state index is 14.7. The molecule has 5 aliphatic carbocycles. The molecule has 324 valence electrons. The minimum atomic E-state index is -1.19. The standard InChI is InChI=1S/C49H70FN3O6/c1-29(2)39-34(54)27-49(41-30(3)42(56)53(52(41)26-25-51(11)12)32-15-13-31(50)14-16-32)24-23-47(9)33(40(39)49)17-18-36-46(8)21-20-37(59-38(55)28-44(4,5)43(57)58)45(6,7)35(46)19-22-48(36,47)10/h13-16,29,33,35-37H,17-28H2,1-12H3,(H,57,58)/t33-,35+,36-,37+,46+,47-,48-,49-/m1/s1. The number of aliphatic carboxylic acids is 1. The molecule has 59 heavy (non-hydrogen) atoms. The monoisotopic (exact) mass is 816 g/mol. The van der Waals surface area contributed by atoms with Gasteiger partial charge in [-0.05, 0) is 162 Å². The van der Waals surface area contributed by atoms with Gasteiger partial charge in [-0.2, -0.15) is 0 Å². The summed E-state index contributed by atoms with van der Waals surface area (Å²) in [7, 11) is 4.05. The average Bonchev–Trinajstić information content (AvgIpc) is 3.58. The van der Waals surface area contributed by atoms with E-state index < -0.39 is 22.8 Å². The van der Waals surface area contributed by atoms with Gasteiger partial charge >= 0.3 is 11.9 Å². The van der Waals surface area contributed by atoms with E-state index in [0.29, 0.717) is 42.6 Å². The number of benzene rings is 1. The zero-order valence-electron chi connectivity index (χ0n) is 37.9. The third kappa shape index (κ3) is 6.45. The van der Waals surface area contributed by atoms with E-state index >= 15 is 0 Å². The van der Waals surface area contributed by atoms with Gasteiger partial charge in [0.15, 0.2) is 5.78 Å². The summed E-state index contributed by atoms with van der Waals surface area (Å²) in [5.41, 5.74) is 2.22. The highest BCUT2D eigenvalue weighted by Gasteiger charge is 2.71. The normalized spacial score (nSPS) is 34.1. The maximum atomic E-state index is 14.7. The first-order chi connectivity index (χ1) is 27.4. The molecule has 8 atom stereocenters. The Balaban J connectivity index is 1.29. The SMILES string of the molecule is Cc1c([C@@]23CC[C@]4(C)[C@H](CC[C@@H]5[C@@]6(C)CC[C@H](OC(=O)CC(C)(C)C(=O)O)C(C)(C)[C@@H]6CC[C@]54C)C2=C(C(C)C)C(=O)C3)n(CCN(C)C)n(-c2ccc(F)cc2)c1=O. The highest BCUT2D eigenvalue weighted by Crippen LogP contribution is 2.77. The largest absolute Gasteiger partial charge is 0.481 e. The Morgan fingerprint density at radius 2 is 1.59 bits per heavy atom. The number of carbonyl (C=O) groups excluding carboxylic acids is 2. The van der Waals surface area contributed by atoms with Crippen LogP contribution in [0.15, 0.2) is 40.2 Å². The fourth-order valence-corrected chi connectivity index (χ4v) is 14.3. The number of ketones is 1. The molecule has 10 heteroatoms. The molecule has 5 aliphatic rings. The van der Waals surface area contributed by atoms with E-state index in [0.717, 1.165) is 62.6 Å². The quantitative estimate of drug-likeness (QED) is 0.238. The minimum absolute atomic E-state index is 0.0125. The van der Waals surface area contributed by atoms with E-state index in [2.05, 4.69) is 58.0 Å². The lowest BCUT2D eigenvalue weighted by atomic mass is 9.33. The van der Waals surface area contributed by atoms with Gasteiger partial charge in [-0.15, -0.1) is 0 Å². The van der Waals surface area contributed by atoms with Crippen LogP contribution < -0.4 is 5.56 Å².